The molecule has 16 heavy (non-hydrogen) atoms. The fourth-order valence-corrected chi connectivity index (χ4v) is 2.40. The van der Waals surface area contributed by atoms with Crippen LogP contribution in [-0.2, 0) is 0 Å². The van der Waals surface area contributed by atoms with E-state index in [2.05, 4.69) is 38.8 Å². The standard InChI is InChI=1S/C14H32BN/c1-5-9-10-11-12-13-14-16-15(6-2,7-3)8-4/h14,16H,5-13H2,1-4H3/b16-14+. The third-order valence-corrected chi connectivity index (χ3v) is 4.27. The third-order valence-electron chi connectivity index (χ3n) is 4.27. The van der Waals surface area contributed by atoms with Gasteiger partial charge < -0.3 is 4.90 Å². The van der Waals surface area contributed by atoms with Crippen molar-refractivity contribution in [2.45, 2.75) is 85.2 Å². The van der Waals surface area contributed by atoms with Gasteiger partial charge in [0.2, 0.25) is 0 Å². The lowest BCUT2D eigenvalue weighted by molar-refractivity contribution is -0.305. The van der Waals surface area contributed by atoms with Crippen molar-refractivity contribution in [3.63, 3.8) is 0 Å². The zero-order chi connectivity index (χ0) is 12.3. The summed E-state index contributed by atoms with van der Waals surface area (Å²) < 4.78 is 0. The molecule has 0 unspecified atom stereocenters. The van der Waals surface area contributed by atoms with Gasteiger partial charge in [0.15, 0.2) is 0 Å². The Balaban J connectivity index is 3.72. The number of hydrogen-bond acceptors (Lipinski definition) is 0. The smallest absolute Gasteiger partial charge is 0.270 e. The summed E-state index contributed by atoms with van der Waals surface area (Å²) in [5, 5.41) is 0. The van der Waals surface area contributed by atoms with E-state index in [0.717, 1.165) is 0 Å². The minimum Gasteiger partial charge on any atom is -0.473 e. The highest BCUT2D eigenvalue weighted by Gasteiger charge is 2.25. The molecule has 0 saturated heterocycles. The Morgan fingerprint density at radius 3 is 1.88 bits per heavy atom. The first-order valence-corrected chi connectivity index (χ1v) is 7.54. The lowest BCUT2D eigenvalue weighted by Gasteiger charge is -2.23. The Morgan fingerprint density at radius 2 is 1.38 bits per heavy atom. The SMILES string of the molecule is CCCCCCC/C=[NH+]/[B-](CC)(CC)CC. The molecule has 0 amide bonds. The van der Waals surface area contributed by atoms with E-state index in [1.54, 1.807) is 0 Å². The quantitative estimate of drug-likeness (QED) is 0.332. The van der Waals surface area contributed by atoms with Crippen molar-refractivity contribution in [3.8, 4) is 0 Å². The first-order valence-electron chi connectivity index (χ1n) is 7.54. The average Bonchev–Trinajstić information content (AvgIpc) is 2.34. The van der Waals surface area contributed by atoms with Crippen LogP contribution in [0.15, 0.2) is 0 Å². The van der Waals surface area contributed by atoms with Crippen LogP contribution < -0.4 is 4.90 Å². The summed E-state index contributed by atoms with van der Waals surface area (Å²) in [7, 11) is 0. The molecule has 0 aliphatic carbocycles. The Morgan fingerprint density at radius 1 is 0.812 bits per heavy atom. The van der Waals surface area contributed by atoms with Crippen molar-refractivity contribution < 1.29 is 4.90 Å². The van der Waals surface area contributed by atoms with Crippen LogP contribution in [0.3, 0.4) is 0 Å². The molecule has 0 aromatic carbocycles. The van der Waals surface area contributed by atoms with E-state index in [1.165, 1.54) is 57.5 Å². The van der Waals surface area contributed by atoms with Crippen LogP contribution in [0.4, 0.5) is 0 Å². The first kappa shape index (κ1) is 15.7. The zero-order valence-corrected chi connectivity index (χ0v) is 12.0. The fraction of sp³-hybridized carbons (Fsp3) is 0.929. The van der Waals surface area contributed by atoms with Gasteiger partial charge >= 0.3 is 0 Å². The number of nitrogens with one attached hydrogen (secondary N) is 1. The predicted octanol–water partition coefficient (Wildman–Crippen LogP) is 3.50. The highest BCUT2D eigenvalue weighted by Crippen LogP contribution is 2.10. The summed E-state index contributed by atoms with van der Waals surface area (Å²) in [6.45, 7) is 9.22. The van der Waals surface area contributed by atoms with Crippen LogP contribution in [0.2, 0.25) is 19.0 Å². The van der Waals surface area contributed by atoms with E-state index in [4.69, 9.17) is 0 Å². The monoisotopic (exact) mass is 225 g/mol. The maximum atomic E-state index is 3.71. The molecular formula is C14H32BN. The van der Waals surface area contributed by atoms with Gasteiger partial charge in [-0.25, -0.2) is 0 Å². The molecule has 1 N–H and O–H groups in total. The molecule has 0 radical (unpaired) electrons. The summed E-state index contributed by atoms with van der Waals surface area (Å²) in [4.78, 5) is 3.71. The van der Waals surface area contributed by atoms with Gasteiger partial charge in [0, 0.05) is 6.42 Å². The minimum absolute atomic E-state index is 0.294. The molecule has 0 atom stereocenters. The van der Waals surface area contributed by atoms with Crippen LogP contribution in [0.1, 0.15) is 66.2 Å². The maximum absolute atomic E-state index is 3.71. The predicted molar refractivity (Wildman–Crippen MR) is 77.6 cm³/mol. The van der Waals surface area contributed by atoms with Crippen molar-refractivity contribution in [2.75, 3.05) is 0 Å². The average molecular weight is 225 g/mol. The van der Waals surface area contributed by atoms with Gasteiger partial charge in [-0.3, -0.25) is 0 Å². The summed E-state index contributed by atoms with van der Waals surface area (Å²) in [5.41, 5.74) is 0. The molecule has 0 aromatic rings. The van der Waals surface area contributed by atoms with E-state index in [-0.39, 0.29) is 6.28 Å². The molecule has 0 aliphatic heterocycles. The van der Waals surface area contributed by atoms with Crippen molar-refractivity contribution in [3.05, 3.63) is 0 Å². The molecule has 0 fully saturated rings. The lowest BCUT2D eigenvalue weighted by Crippen LogP contribution is -2.88. The molecule has 0 spiro atoms. The van der Waals surface area contributed by atoms with Gasteiger partial charge in [-0.05, 0) is 6.42 Å². The lowest BCUT2D eigenvalue weighted by atomic mass is 9.31. The molecule has 1 nitrogen and oxygen atoms in total. The molecule has 2 heteroatoms. The number of hydrogen-bond donors (Lipinski definition) is 1. The summed E-state index contributed by atoms with van der Waals surface area (Å²) >= 11 is 0. The van der Waals surface area contributed by atoms with Crippen LogP contribution in [0.25, 0.3) is 0 Å². The van der Waals surface area contributed by atoms with Crippen LogP contribution in [-0.4, -0.2) is 12.5 Å². The Kier molecular flexibility index (Phi) is 9.76. The minimum atomic E-state index is -0.294. The topological polar surface area (TPSA) is 14.0 Å². The van der Waals surface area contributed by atoms with Crippen molar-refractivity contribution in [1.29, 1.82) is 0 Å². The molecule has 0 heterocycles. The molecule has 0 aromatic heterocycles. The van der Waals surface area contributed by atoms with E-state index in [1.807, 2.05) is 0 Å². The van der Waals surface area contributed by atoms with Gasteiger partial charge in [0.05, 0.1) is 6.21 Å². The fourth-order valence-electron chi connectivity index (χ4n) is 2.40. The van der Waals surface area contributed by atoms with Gasteiger partial charge in [-0.2, -0.15) is 0 Å². The van der Waals surface area contributed by atoms with Crippen LogP contribution in [0.5, 0.6) is 0 Å². The third kappa shape index (κ3) is 6.35. The normalized spacial score (nSPS) is 12.5. The van der Waals surface area contributed by atoms with Crippen LogP contribution in [0, 0.1) is 0 Å². The molecule has 0 bridgehead atoms. The number of unbranched alkanes of at least 4 members (excludes halogenated alkanes) is 5. The van der Waals surface area contributed by atoms with Gasteiger partial charge in [-0.15, -0.1) is 19.0 Å². The van der Waals surface area contributed by atoms with Crippen LogP contribution >= 0.6 is 0 Å². The van der Waals surface area contributed by atoms with Crippen molar-refractivity contribution in [1.82, 2.24) is 0 Å². The largest absolute Gasteiger partial charge is 0.473 e. The Labute approximate surface area is 103 Å². The molecule has 0 saturated carbocycles. The second kappa shape index (κ2) is 9.93. The molecule has 96 valence electrons. The van der Waals surface area contributed by atoms with Crippen molar-refractivity contribution >= 4 is 12.5 Å². The second-order valence-corrected chi connectivity index (χ2v) is 5.28. The summed E-state index contributed by atoms with van der Waals surface area (Å²) in [5.74, 6) is 0. The van der Waals surface area contributed by atoms with E-state index in [0.29, 0.717) is 0 Å². The zero-order valence-electron chi connectivity index (χ0n) is 12.0. The molecular weight excluding hydrogens is 193 g/mol. The van der Waals surface area contributed by atoms with E-state index < -0.39 is 0 Å². The summed E-state index contributed by atoms with van der Waals surface area (Å²) in [6, 6.07) is 0. The van der Waals surface area contributed by atoms with E-state index in [9.17, 15) is 0 Å². The molecule has 0 aliphatic rings. The van der Waals surface area contributed by atoms with Gasteiger partial charge in [0.1, 0.15) is 0 Å². The highest BCUT2D eigenvalue weighted by molar-refractivity contribution is 6.71. The van der Waals surface area contributed by atoms with Crippen molar-refractivity contribution in [2.24, 2.45) is 0 Å². The maximum Gasteiger partial charge on any atom is 0.270 e. The Bertz CT molecular complexity index is 165. The van der Waals surface area contributed by atoms with E-state index >= 15 is 0 Å². The highest BCUT2D eigenvalue weighted by atomic mass is 14.6. The second-order valence-electron chi connectivity index (χ2n) is 5.28. The van der Waals surface area contributed by atoms with Gasteiger partial charge in [0.25, 0.3) is 6.28 Å². The number of rotatable bonds is 10. The first-order chi connectivity index (χ1) is 7.74. The molecule has 0 rings (SSSR count). The Hall–Kier alpha value is -0.265. The summed E-state index contributed by atoms with van der Waals surface area (Å²) in [6.07, 6.45) is 14.1. The van der Waals surface area contributed by atoms with Gasteiger partial charge in [-0.1, -0.05) is 53.4 Å².